The summed E-state index contributed by atoms with van der Waals surface area (Å²) in [5, 5.41) is 24.5. The van der Waals surface area contributed by atoms with Crippen LogP contribution >= 0.6 is 0 Å². The van der Waals surface area contributed by atoms with E-state index in [2.05, 4.69) is 15.6 Å². The highest BCUT2D eigenvalue weighted by atomic mass is 19.1. The summed E-state index contributed by atoms with van der Waals surface area (Å²) in [5.41, 5.74) is -2.06. The number of nitrogens with one attached hydrogen (secondary N) is 2. The fraction of sp³-hybridized carbons (Fsp3) is 0.368. The summed E-state index contributed by atoms with van der Waals surface area (Å²) >= 11 is 0. The van der Waals surface area contributed by atoms with Gasteiger partial charge in [-0.25, -0.2) is 14.2 Å². The molecule has 3 aliphatic heterocycles. The summed E-state index contributed by atoms with van der Waals surface area (Å²) < 4.78 is 19.8. The SMILES string of the molecule is O=C(O)NC12CCC(Cn3c1nc(C(=O)NCc1ccc(F)cc1)c(O)c3=O)OC2. The number of carbonyl (C=O) groups is 2. The number of aromatic hydroxyl groups is 1. The second-order valence-electron chi connectivity index (χ2n) is 7.34. The minimum Gasteiger partial charge on any atom is -0.501 e. The molecule has 1 aromatic carbocycles. The molecular formula is C19H19FN4O6. The minimum absolute atomic E-state index is 0.0162. The Hall–Kier alpha value is -3.47. The van der Waals surface area contributed by atoms with Crippen LogP contribution in [0.25, 0.3) is 0 Å². The highest BCUT2D eigenvalue weighted by Crippen LogP contribution is 2.36. The number of hydrogen-bond acceptors (Lipinski definition) is 6. The molecule has 158 valence electrons. The largest absolute Gasteiger partial charge is 0.501 e. The molecule has 2 unspecified atom stereocenters. The molecule has 2 atom stereocenters. The molecule has 2 aromatic rings. The number of carboxylic acid groups (broad SMARTS) is 1. The van der Waals surface area contributed by atoms with Gasteiger partial charge in [-0.3, -0.25) is 14.2 Å². The summed E-state index contributed by atoms with van der Waals surface area (Å²) in [4.78, 5) is 41.0. The van der Waals surface area contributed by atoms with Crippen LogP contribution in [0.4, 0.5) is 9.18 Å². The van der Waals surface area contributed by atoms with E-state index in [0.29, 0.717) is 18.4 Å². The first-order chi connectivity index (χ1) is 14.3. The van der Waals surface area contributed by atoms with Gasteiger partial charge in [0.15, 0.2) is 5.69 Å². The van der Waals surface area contributed by atoms with Gasteiger partial charge >= 0.3 is 6.09 Å². The molecule has 0 radical (unpaired) electrons. The minimum atomic E-state index is -1.32. The highest BCUT2D eigenvalue weighted by Gasteiger charge is 2.47. The lowest BCUT2D eigenvalue weighted by molar-refractivity contribution is -0.0336. The van der Waals surface area contributed by atoms with Crippen molar-refractivity contribution in [2.24, 2.45) is 0 Å². The monoisotopic (exact) mass is 418 g/mol. The predicted octanol–water partition coefficient (Wildman–Crippen LogP) is 0.673. The van der Waals surface area contributed by atoms with E-state index in [-0.39, 0.29) is 31.6 Å². The average molecular weight is 418 g/mol. The molecule has 0 saturated carbocycles. The molecule has 2 bridgehead atoms. The highest BCUT2D eigenvalue weighted by molar-refractivity contribution is 5.94. The number of aromatic nitrogens is 2. The normalized spacial score (nSPS) is 22.1. The van der Waals surface area contributed by atoms with Crippen LogP contribution in [0.5, 0.6) is 5.75 Å². The molecule has 10 nitrogen and oxygen atoms in total. The third-order valence-corrected chi connectivity index (χ3v) is 5.35. The second kappa shape index (κ2) is 7.41. The van der Waals surface area contributed by atoms with Gasteiger partial charge < -0.3 is 25.6 Å². The topological polar surface area (TPSA) is 143 Å². The van der Waals surface area contributed by atoms with Crippen LogP contribution in [0.1, 0.15) is 34.7 Å². The molecule has 4 N–H and O–H groups in total. The maximum Gasteiger partial charge on any atom is 0.405 e. The molecular weight excluding hydrogens is 399 g/mol. The lowest BCUT2D eigenvalue weighted by Gasteiger charge is -2.35. The fourth-order valence-electron chi connectivity index (χ4n) is 3.81. The molecule has 3 aliphatic rings. The van der Waals surface area contributed by atoms with E-state index >= 15 is 0 Å². The van der Waals surface area contributed by atoms with E-state index in [1.54, 1.807) is 0 Å². The van der Waals surface area contributed by atoms with E-state index in [9.17, 15) is 29.0 Å². The van der Waals surface area contributed by atoms with Gasteiger partial charge in [0, 0.05) is 6.54 Å². The van der Waals surface area contributed by atoms with Crippen molar-refractivity contribution >= 4 is 12.0 Å². The van der Waals surface area contributed by atoms with Crippen molar-refractivity contribution in [3.8, 4) is 5.75 Å². The number of rotatable bonds is 4. The van der Waals surface area contributed by atoms with Gasteiger partial charge in [-0.2, -0.15) is 0 Å². The van der Waals surface area contributed by atoms with Crippen molar-refractivity contribution in [2.75, 3.05) is 6.61 Å². The van der Waals surface area contributed by atoms with Crippen molar-refractivity contribution in [3.63, 3.8) is 0 Å². The Morgan fingerprint density at radius 1 is 1.33 bits per heavy atom. The van der Waals surface area contributed by atoms with Crippen molar-refractivity contribution < 1.29 is 28.9 Å². The zero-order valence-corrected chi connectivity index (χ0v) is 15.7. The molecule has 2 amide bonds. The van der Waals surface area contributed by atoms with Crippen LogP contribution < -0.4 is 16.2 Å². The molecule has 11 heteroatoms. The second-order valence-corrected chi connectivity index (χ2v) is 7.34. The molecule has 4 heterocycles. The van der Waals surface area contributed by atoms with Crippen molar-refractivity contribution in [1.82, 2.24) is 20.2 Å². The standard InChI is InChI=1S/C19H19FN4O6/c20-11-3-1-10(2-4-11)7-21-15(26)13-14(25)16(27)24-8-12-5-6-19(9-30-12,17(24)22-13)23-18(28)29/h1-4,12,23,25H,5-9H2,(H,21,26)(H,28,29). The zero-order chi connectivity index (χ0) is 21.5. The number of fused-ring (bicyclic) bond motifs is 2. The van der Waals surface area contributed by atoms with Gasteiger partial charge in [0.1, 0.15) is 17.2 Å². The summed E-state index contributed by atoms with van der Waals surface area (Å²) in [6.45, 7) is 0.0649. The Bertz CT molecular complexity index is 1060. The summed E-state index contributed by atoms with van der Waals surface area (Å²) in [6, 6.07) is 5.45. The molecule has 0 spiro atoms. The van der Waals surface area contributed by atoms with E-state index in [4.69, 9.17) is 4.74 Å². The quantitative estimate of drug-likeness (QED) is 0.572. The van der Waals surface area contributed by atoms with Crippen molar-refractivity contribution in [1.29, 1.82) is 0 Å². The maximum absolute atomic E-state index is 13.0. The van der Waals surface area contributed by atoms with Crippen LogP contribution in [0.2, 0.25) is 0 Å². The van der Waals surface area contributed by atoms with Gasteiger partial charge in [-0.15, -0.1) is 0 Å². The van der Waals surface area contributed by atoms with E-state index in [1.807, 2.05) is 0 Å². The lowest BCUT2D eigenvalue weighted by Crippen LogP contribution is -2.52. The summed E-state index contributed by atoms with van der Waals surface area (Å²) in [6.07, 6.45) is -0.838. The number of hydrogen-bond donors (Lipinski definition) is 4. The predicted molar refractivity (Wildman–Crippen MR) is 99.5 cm³/mol. The Labute approximate surface area is 169 Å². The third kappa shape index (κ3) is 3.47. The maximum atomic E-state index is 13.0. The van der Waals surface area contributed by atoms with E-state index in [0.717, 1.165) is 4.57 Å². The molecule has 1 fully saturated rings. The number of carbonyl (C=O) groups excluding carboxylic acids is 1. The average Bonchev–Trinajstić information content (AvgIpc) is 2.95. The van der Waals surface area contributed by atoms with Gasteiger partial charge in [0.25, 0.3) is 11.5 Å². The first-order valence-electron chi connectivity index (χ1n) is 9.29. The lowest BCUT2D eigenvalue weighted by atomic mass is 9.90. The molecule has 5 rings (SSSR count). The Morgan fingerprint density at radius 2 is 2.07 bits per heavy atom. The van der Waals surface area contributed by atoms with Crippen LogP contribution in [-0.4, -0.2) is 44.5 Å². The zero-order valence-electron chi connectivity index (χ0n) is 15.7. The first kappa shape index (κ1) is 19.8. The number of amides is 2. The van der Waals surface area contributed by atoms with Gasteiger partial charge in [-0.1, -0.05) is 12.1 Å². The van der Waals surface area contributed by atoms with Crippen LogP contribution in [-0.2, 0) is 23.4 Å². The van der Waals surface area contributed by atoms with E-state index in [1.165, 1.54) is 24.3 Å². The molecule has 30 heavy (non-hydrogen) atoms. The number of benzene rings is 1. The Kier molecular flexibility index (Phi) is 4.90. The third-order valence-electron chi connectivity index (χ3n) is 5.35. The molecule has 1 saturated heterocycles. The van der Waals surface area contributed by atoms with E-state index < -0.39 is 40.4 Å². The van der Waals surface area contributed by atoms with Crippen LogP contribution in [0.15, 0.2) is 29.1 Å². The number of nitrogens with zero attached hydrogens (tertiary/aromatic N) is 2. The van der Waals surface area contributed by atoms with Crippen LogP contribution in [0, 0.1) is 5.82 Å². The Morgan fingerprint density at radius 3 is 2.70 bits per heavy atom. The number of ether oxygens (including phenoxy) is 1. The van der Waals surface area contributed by atoms with Gasteiger partial charge in [-0.05, 0) is 30.5 Å². The van der Waals surface area contributed by atoms with Gasteiger partial charge in [0.2, 0.25) is 5.75 Å². The Balaban J connectivity index is 1.70. The van der Waals surface area contributed by atoms with Crippen molar-refractivity contribution in [3.05, 3.63) is 57.5 Å². The molecule has 0 aliphatic carbocycles. The van der Waals surface area contributed by atoms with Crippen molar-refractivity contribution in [2.45, 2.75) is 37.6 Å². The first-order valence-corrected chi connectivity index (χ1v) is 9.29. The molecule has 1 aromatic heterocycles. The summed E-state index contributed by atoms with van der Waals surface area (Å²) in [5.74, 6) is -2.04. The summed E-state index contributed by atoms with van der Waals surface area (Å²) in [7, 11) is 0. The smallest absolute Gasteiger partial charge is 0.405 e. The van der Waals surface area contributed by atoms with Gasteiger partial charge in [0.05, 0.1) is 19.3 Å². The number of halogens is 1. The fourth-order valence-corrected chi connectivity index (χ4v) is 3.81. The van der Waals surface area contributed by atoms with Crippen LogP contribution in [0.3, 0.4) is 0 Å².